The molecule has 1 heterocycles. The molecule has 0 unspecified atom stereocenters. The number of nitrogens with one attached hydrogen (secondary N) is 1. The topological polar surface area (TPSA) is 41.6 Å². The van der Waals surface area contributed by atoms with Crippen LogP contribution in [0.25, 0.3) is 0 Å². The van der Waals surface area contributed by atoms with Gasteiger partial charge in [-0.2, -0.15) is 0 Å². The van der Waals surface area contributed by atoms with Gasteiger partial charge in [0.25, 0.3) is 5.91 Å². The van der Waals surface area contributed by atoms with Crippen molar-refractivity contribution in [3.05, 3.63) is 28.7 Å². The van der Waals surface area contributed by atoms with E-state index in [1.54, 1.807) is 0 Å². The number of amides is 1. The molecule has 0 bridgehead atoms. The lowest BCUT2D eigenvalue weighted by atomic mass is 10.0. The molecule has 4 nitrogen and oxygen atoms in total. The zero-order valence-corrected chi connectivity index (χ0v) is 16.1. The van der Waals surface area contributed by atoms with E-state index >= 15 is 0 Å². The van der Waals surface area contributed by atoms with Crippen LogP contribution in [0.15, 0.2) is 28.7 Å². The van der Waals surface area contributed by atoms with Gasteiger partial charge in [0.1, 0.15) is 5.75 Å². The normalized spacial score (nSPS) is 20.8. The number of hydrogen-bond donors (Lipinski definition) is 1. The van der Waals surface area contributed by atoms with Gasteiger partial charge in [0.2, 0.25) is 0 Å². The number of carbonyl (C=O) groups is 1. The van der Waals surface area contributed by atoms with Crippen LogP contribution in [0.1, 0.15) is 39.5 Å². The highest BCUT2D eigenvalue weighted by atomic mass is 79.9. The van der Waals surface area contributed by atoms with Crippen LogP contribution in [0.5, 0.6) is 5.75 Å². The molecule has 1 aromatic rings. The third-order valence-corrected chi connectivity index (χ3v) is 5.55. The van der Waals surface area contributed by atoms with Gasteiger partial charge in [-0.25, -0.2) is 0 Å². The highest BCUT2D eigenvalue weighted by Gasteiger charge is 2.33. The molecular weight excluding hydrogens is 368 g/mol. The summed E-state index contributed by atoms with van der Waals surface area (Å²) in [5.41, 5.74) is 0. The predicted molar refractivity (Wildman–Crippen MR) is 99.2 cm³/mol. The Balaban J connectivity index is 1.55. The van der Waals surface area contributed by atoms with E-state index in [-0.39, 0.29) is 17.9 Å². The van der Waals surface area contributed by atoms with Gasteiger partial charge >= 0.3 is 0 Å². The molecule has 2 aliphatic rings. The van der Waals surface area contributed by atoms with Crippen molar-refractivity contribution in [2.24, 2.45) is 5.92 Å². The van der Waals surface area contributed by atoms with Gasteiger partial charge in [-0.3, -0.25) is 4.79 Å². The standard InChI is InChI=1S/C19H27BrN2O2/c1-13(2)18(24-17-6-4-3-5-16(17)20)19(23)21-14-9-11-22(12-10-14)15-7-8-15/h3-6,13-15,18H,7-12H2,1-2H3,(H,21,23)/t18-/m0/s1. The van der Waals surface area contributed by atoms with Gasteiger partial charge in [-0.05, 0) is 59.7 Å². The molecule has 2 fully saturated rings. The van der Waals surface area contributed by atoms with Gasteiger partial charge in [0.15, 0.2) is 6.10 Å². The molecule has 3 rings (SSSR count). The Labute approximate surface area is 153 Å². The average Bonchev–Trinajstić information content (AvgIpc) is 3.39. The van der Waals surface area contributed by atoms with E-state index in [0.717, 1.165) is 42.2 Å². The van der Waals surface area contributed by atoms with Crippen molar-refractivity contribution in [2.45, 2.75) is 57.7 Å². The monoisotopic (exact) mass is 394 g/mol. The Morgan fingerprint density at radius 2 is 1.88 bits per heavy atom. The summed E-state index contributed by atoms with van der Waals surface area (Å²) < 4.78 is 6.89. The molecular formula is C19H27BrN2O2. The fourth-order valence-corrected chi connectivity index (χ4v) is 3.68. The second-order valence-corrected chi connectivity index (χ2v) is 8.12. The number of nitrogens with zero attached hydrogens (tertiary/aromatic N) is 1. The lowest BCUT2D eigenvalue weighted by molar-refractivity contribution is -0.130. The molecule has 1 atom stereocenters. The Kier molecular flexibility index (Phi) is 5.82. The third-order valence-electron chi connectivity index (χ3n) is 4.89. The first kappa shape index (κ1) is 17.7. The van der Waals surface area contributed by atoms with E-state index in [0.29, 0.717) is 0 Å². The van der Waals surface area contributed by atoms with Crippen LogP contribution in [0.3, 0.4) is 0 Å². The molecule has 24 heavy (non-hydrogen) atoms. The molecule has 5 heteroatoms. The maximum Gasteiger partial charge on any atom is 0.261 e. The van der Waals surface area contributed by atoms with Crippen LogP contribution in [0.4, 0.5) is 0 Å². The number of halogens is 1. The average molecular weight is 395 g/mol. The van der Waals surface area contributed by atoms with Crippen molar-refractivity contribution in [3.63, 3.8) is 0 Å². The van der Waals surface area contributed by atoms with Crippen LogP contribution in [-0.4, -0.2) is 42.1 Å². The molecule has 0 aromatic heterocycles. The molecule has 1 amide bonds. The van der Waals surface area contributed by atoms with Crippen LogP contribution >= 0.6 is 15.9 Å². The van der Waals surface area contributed by atoms with Gasteiger partial charge in [0, 0.05) is 25.2 Å². The summed E-state index contributed by atoms with van der Waals surface area (Å²) in [4.78, 5) is 15.3. The molecule has 1 saturated carbocycles. The van der Waals surface area contributed by atoms with E-state index in [2.05, 4.69) is 26.1 Å². The van der Waals surface area contributed by atoms with E-state index < -0.39 is 6.10 Å². The van der Waals surface area contributed by atoms with Crippen molar-refractivity contribution >= 4 is 21.8 Å². The summed E-state index contributed by atoms with van der Waals surface area (Å²) in [6.07, 6.45) is 4.33. The highest BCUT2D eigenvalue weighted by molar-refractivity contribution is 9.10. The summed E-state index contributed by atoms with van der Waals surface area (Å²) in [5.74, 6) is 0.837. The quantitative estimate of drug-likeness (QED) is 0.801. The number of hydrogen-bond acceptors (Lipinski definition) is 3. The second-order valence-electron chi connectivity index (χ2n) is 7.26. The van der Waals surface area contributed by atoms with Crippen molar-refractivity contribution in [1.82, 2.24) is 10.2 Å². The molecule has 132 valence electrons. The first-order valence-corrected chi connectivity index (χ1v) is 9.79. The van der Waals surface area contributed by atoms with Crippen LogP contribution in [-0.2, 0) is 4.79 Å². The van der Waals surface area contributed by atoms with Gasteiger partial charge in [0.05, 0.1) is 4.47 Å². The maximum absolute atomic E-state index is 12.7. The van der Waals surface area contributed by atoms with Crippen molar-refractivity contribution in [2.75, 3.05) is 13.1 Å². The molecule has 1 aliphatic heterocycles. The van der Waals surface area contributed by atoms with Gasteiger partial charge in [-0.15, -0.1) is 0 Å². The Morgan fingerprint density at radius 1 is 1.21 bits per heavy atom. The van der Waals surface area contributed by atoms with Crippen molar-refractivity contribution < 1.29 is 9.53 Å². The Morgan fingerprint density at radius 3 is 2.46 bits per heavy atom. The Hall–Kier alpha value is -1.07. The number of ether oxygens (including phenoxy) is 1. The minimum absolute atomic E-state index is 0.00521. The Bertz CT molecular complexity index is 566. The highest BCUT2D eigenvalue weighted by Crippen LogP contribution is 2.29. The second kappa shape index (κ2) is 7.87. The number of para-hydroxylation sites is 1. The lowest BCUT2D eigenvalue weighted by Crippen LogP contribution is -2.50. The number of benzene rings is 1. The minimum Gasteiger partial charge on any atom is -0.479 e. The summed E-state index contributed by atoms with van der Waals surface area (Å²) >= 11 is 3.49. The van der Waals surface area contributed by atoms with E-state index in [1.165, 1.54) is 12.8 Å². The predicted octanol–water partition coefficient (Wildman–Crippen LogP) is 3.60. The first-order chi connectivity index (χ1) is 11.5. The van der Waals surface area contributed by atoms with E-state index in [4.69, 9.17) is 4.74 Å². The fraction of sp³-hybridized carbons (Fsp3) is 0.632. The van der Waals surface area contributed by atoms with Gasteiger partial charge < -0.3 is 15.0 Å². The zero-order chi connectivity index (χ0) is 17.1. The fourth-order valence-electron chi connectivity index (χ4n) is 3.30. The SMILES string of the molecule is CC(C)[C@H](Oc1ccccc1Br)C(=O)NC1CCN(C2CC2)CC1. The van der Waals surface area contributed by atoms with Crippen LogP contribution in [0.2, 0.25) is 0 Å². The van der Waals surface area contributed by atoms with E-state index in [9.17, 15) is 4.79 Å². The largest absolute Gasteiger partial charge is 0.479 e. The van der Waals surface area contributed by atoms with Crippen molar-refractivity contribution in [3.8, 4) is 5.75 Å². The summed E-state index contributed by atoms with van der Waals surface area (Å²) in [6, 6.07) is 8.78. The molecule has 1 N–H and O–H groups in total. The minimum atomic E-state index is -0.467. The molecule has 0 radical (unpaired) electrons. The van der Waals surface area contributed by atoms with Crippen molar-refractivity contribution in [1.29, 1.82) is 0 Å². The number of rotatable bonds is 6. The van der Waals surface area contributed by atoms with Crippen LogP contribution < -0.4 is 10.1 Å². The zero-order valence-electron chi connectivity index (χ0n) is 14.5. The number of likely N-dealkylation sites (tertiary alicyclic amines) is 1. The molecule has 1 saturated heterocycles. The smallest absolute Gasteiger partial charge is 0.261 e. The van der Waals surface area contributed by atoms with Gasteiger partial charge in [-0.1, -0.05) is 26.0 Å². The summed E-state index contributed by atoms with van der Waals surface area (Å²) in [7, 11) is 0. The summed E-state index contributed by atoms with van der Waals surface area (Å²) in [5, 5.41) is 3.21. The first-order valence-electron chi connectivity index (χ1n) is 9.00. The molecule has 0 spiro atoms. The molecule has 1 aliphatic carbocycles. The maximum atomic E-state index is 12.7. The lowest BCUT2D eigenvalue weighted by Gasteiger charge is -2.33. The number of piperidine rings is 1. The van der Waals surface area contributed by atoms with E-state index in [1.807, 2.05) is 38.1 Å². The third kappa shape index (κ3) is 4.51. The number of carbonyl (C=O) groups excluding carboxylic acids is 1. The molecule has 1 aromatic carbocycles. The summed E-state index contributed by atoms with van der Waals surface area (Å²) in [6.45, 7) is 6.26. The van der Waals surface area contributed by atoms with Crippen LogP contribution in [0, 0.1) is 5.92 Å².